The minimum atomic E-state index is -1.71. The Labute approximate surface area is 576 Å². The summed E-state index contributed by atoms with van der Waals surface area (Å²) in [6, 6.07) is -1.95. The second kappa shape index (κ2) is 41.5. The first kappa shape index (κ1) is 79.9. The normalized spacial score (nSPS) is 25.6. The van der Waals surface area contributed by atoms with E-state index in [0.717, 1.165) is 26.5 Å². The van der Waals surface area contributed by atoms with Crippen molar-refractivity contribution in [3.63, 3.8) is 0 Å². The van der Waals surface area contributed by atoms with Gasteiger partial charge in [0.1, 0.15) is 47.5 Å². The molecule has 0 aliphatic heterocycles. The summed E-state index contributed by atoms with van der Waals surface area (Å²) in [6.45, 7) is 5.87. The Morgan fingerprint density at radius 3 is 1.58 bits per heavy atom. The molecular formula is C70H101N9O20. The number of carbonyl (C=O) groups is 8. The lowest BCUT2D eigenvalue weighted by Gasteiger charge is -2.50. The van der Waals surface area contributed by atoms with Crippen LogP contribution < -0.4 is 27.7 Å². The number of ketones is 3. The molecule has 29 nitrogen and oxygen atoms in total. The van der Waals surface area contributed by atoms with E-state index in [1.165, 1.54) is 12.2 Å². The van der Waals surface area contributed by atoms with Crippen LogP contribution in [0, 0.1) is 22.7 Å². The maximum Gasteiger partial charge on any atom is 0.407 e. The van der Waals surface area contributed by atoms with E-state index in [4.69, 9.17) is 23.7 Å². The van der Waals surface area contributed by atoms with Gasteiger partial charge in [-0.1, -0.05) is 117 Å². The largest absolute Gasteiger partial charge is 0.462 e. The molecule has 5 fully saturated rings. The molecule has 1 aromatic rings. The van der Waals surface area contributed by atoms with Crippen LogP contribution in [0.1, 0.15) is 252 Å². The average molecular weight is 1390 g/mol. The lowest BCUT2D eigenvalue weighted by molar-refractivity contribution is -0.175. The number of nitrogens with zero attached hydrogens (tertiary/aromatic N) is 7. The van der Waals surface area contributed by atoms with Crippen molar-refractivity contribution in [2.24, 2.45) is 42.6 Å². The second-order valence-corrected chi connectivity index (χ2v) is 26.8. The zero-order chi connectivity index (χ0) is 71.7. The number of unbranched alkanes of at least 4 members (excludes halogenated alkanes) is 11. The predicted molar refractivity (Wildman–Crippen MR) is 355 cm³/mol. The summed E-state index contributed by atoms with van der Waals surface area (Å²) in [6.07, 6.45) is 13.4. The number of hydrogen-bond donors (Lipinski definition) is 2. The van der Waals surface area contributed by atoms with Crippen molar-refractivity contribution in [2.75, 3.05) is 19.6 Å². The van der Waals surface area contributed by atoms with Crippen LogP contribution in [0.5, 0.6) is 0 Å². The fourth-order valence-electron chi connectivity index (χ4n) is 15.0. The fraction of sp³-hybridized carbons (Fsp3) is 0.786. The second-order valence-electron chi connectivity index (χ2n) is 26.8. The van der Waals surface area contributed by atoms with E-state index in [-0.39, 0.29) is 103 Å². The molecule has 0 bridgehead atoms. The van der Waals surface area contributed by atoms with Crippen molar-refractivity contribution < 1.29 is 81.2 Å². The highest BCUT2D eigenvalue weighted by atomic mass is 16.6. The van der Waals surface area contributed by atoms with Gasteiger partial charge in [-0.05, 0) is 103 Å². The molecule has 0 aromatic carbocycles. The Morgan fingerprint density at radius 1 is 0.515 bits per heavy atom. The Bertz CT molecular complexity index is 3260. The van der Waals surface area contributed by atoms with Crippen molar-refractivity contribution >= 4 is 71.8 Å². The summed E-state index contributed by atoms with van der Waals surface area (Å²) < 4.78 is 31.8. The third-order valence-corrected chi connectivity index (χ3v) is 20.3. The van der Waals surface area contributed by atoms with Crippen molar-refractivity contribution in [2.45, 2.75) is 307 Å². The molecule has 1 aromatic heterocycles. The molecular weight excluding hydrogens is 1290 g/mol. The molecule has 1 heterocycles. The summed E-state index contributed by atoms with van der Waals surface area (Å²) in [5.41, 5.74) is -5.92. The first-order valence-corrected chi connectivity index (χ1v) is 36.2. The SMILES string of the molecule is CCCCCC(N=C=O)n1c(=O)n(CCCCCCN=C=O)c(=O)n(CCCCCCNC(=O)OC2CCC(C(=O)OC3CCC(OC(=O)CC)C(OC(=O)NCCCCCCC4C(=O)C5(CCCCCC5N=C=O)C(=O)C5(CCCCCC5N=C=O)C4=O)C3)CC2OC(=O)CC)c1=O. The zero-order valence-electron chi connectivity index (χ0n) is 57.9. The highest BCUT2D eigenvalue weighted by Crippen LogP contribution is 2.55. The number of alkyl carbamates (subject to hydrolysis) is 2. The summed E-state index contributed by atoms with van der Waals surface area (Å²) in [5, 5.41) is 5.45. The van der Waals surface area contributed by atoms with Gasteiger partial charge in [0, 0.05) is 51.9 Å². The summed E-state index contributed by atoms with van der Waals surface area (Å²) >= 11 is 0. The molecule has 99 heavy (non-hydrogen) atoms. The number of aromatic nitrogens is 3. The third kappa shape index (κ3) is 21.7. The van der Waals surface area contributed by atoms with Crippen molar-refractivity contribution in [1.29, 1.82) is 0 Å². The van der Waals surface area contributed by atoms with Crippen LogP contribution in [0.2, 0.25) is 0 Å². The van der Waals surface area contributed by atoms with E-state index in [1.54, 1.807) is 26.0 Å². The van der Waals surface area contributed by atoms with Crippen molar-refractivity contribution in [1.82, 2.24) is 24.3 Å². The van der Waals surface area contributed by atoms with Gasteiger partial charge in [-0.2, -0.15) is 4.99 Å². The molecule has 5 saturated carbocycles. The highest BCUT2D eigenvalue weighted by molar-refractivity contribution is 6.29. The van der Waals surface area contributed by atoms with Gasteiger partial charge in [-0.15, -0.1) is 0 Å². The van der Waals surface area contributed by atoms with Crippen molar-refractivity contribution in [3.8, 4) is 0 Å². The van der Waals surface area contributed by atoms with Gasteiger partial charge >= 0.3 is 47.2 Å². The van der Waals surface area contributed by atoms with Gasteiger partial charge in [-0.3, -0.25) is 28.8 Å². The van der Waals surface area contributed by atoms with Gasteiger partial charge in [0.05, 0.1) is 30.5 Å². The molecule has 2 N–H and O–H groups in total. The lowest BCUT2D eigenvalue weighted by atomic mass is 9.49. The maximum absolute atomic E-state index is 15.0. The number of aliphatic imine (C=N–C) groups is 4. The molecule has 11 atom stereocenters. The minimum absolute atomic E-state index is 0.00538. The Hall–Kier alpha value is -8.11. The number of hydrogen-bond acceptors (Lipinski definition) is 24. The zero-order valence-corrected chi connectivity index (χ0v) is 57.9. The molecule has 0 saturated heterocycles. The Kier molecular flexibility index (Phi) is 33.4. The van der Waals surface area contributed by atoms with E-state index in [2.05, 4.69) is 30.6 Å². The molecule has 11 unspecified atom stereocenters. The third-order valence-electron chi connectivity index (χ3n) is 20.3. The lowest BCUT2D eigenvalue weighted by Crippen LogP contribution is -2.67. The molecule has 5 aliphatic rings. The number of nitrogens with one attached hydrogen (secondary N) is 2. The van der Waals surface area contributed by atoms with Crippen LogP contribution in [-0.4, -0.2) is 148 Å². The fourth-order valence-corrected chi connectivity index (χ4v) is 15.0. The monoisotopic (exact) mass is 1390 g/mol. The van der Waals surface area contributed by atoms with Crippen LogP contribution >= 0.6 is 0 Å². The number of Topliss-reactive ketones (excluding diaryl/α,β-unsaturated/α-hetero) is 3. The van der Waals surface area contributed by atoms with E-state index < -0.39 is 136 Å². The number of isocyanates is 4. The summed E-state index contributed by atoms with van der Waals surface area (Å²) in [4.78, 5) is 212. The number of esters is 3. The average Bonchev–Trinajstić information content (AvgIpc) is 1.56. The Morgan fingerprint density at radius 2 is 1.03 bits per heavy atom. The predicted octanol–water partition coefficient (Wildman–Crippen LogP) is 8.37. The van der Waals surface area contributed by atoms with Gasteiger partial charge < -0.3 is 34.3 Å². The maximum atomic E-state index is 15.0. The standard InChI is InChI=1S/C70H101N9O20/c1-4-7-16-30-57(76-47-83)79-67(93)77(40-25-12-10-22-37-71-44-80)66(92)78(68(79)94)41-26-13-11-24-39-72-64(90)98-52-33-31-48(42-53(52)97-59(85)6-3)62(88)95-49-32-34-51(96-58(84)5-2)54(43-49)99-65(91)73-38-23-9-8-17-27-50-60(86)69(35-20-14-18-28-55(69)74-45-81)63(89)70(61(50)87)36-21-15-19-29-56(70)75-46-82/h48-57H,4-43H2,1-3H3,(H,72,90)(H,73,91). The van der Waals surface area contributed by atoms with Gasteiger partial charge in [0.2, 0.25) is 24.3 Å². The molecule has 29 heteroatoms. The summed E-state index contributed by atoms with van der Waals surface area (Å²) in [5.74, 6) is -5.21. The number of rotatable bonds is 37. The van der Waals surface area contributed by atoms with Crippen LogP contribution in [0.25, 0.3) is 0 Å². The number of carbonyl (C=O) groups excluding carboxylic acids is 12. The topological polar surface area (TPSA) is 390 Å². The van der Waals surface area contributed by atoms with Crippen LogP contribution in [-0.2, 0) is 84.7 Å². The molecule has 0 radical (unpaired) electrons. The van der Waals surface area contributed by atoms with E-state index >= 15 is 4.79 Å². The molecule has 546 valence electrons. The molecule has 2 amide bonds. The van der Waals surface area contributed by atoms with Crippen LogP contribution in [0.3, 0.4) is 0 Å². The first-order chi connectivity index (χ1) is 47.9. The van der Waals surface area contributed by atoms with Gasteiger partial charge in [0.15, 0.2) is 17.3 Å². The number of ether oxygens (including phenoxy) is 5. The van der Waals surface area contributed by atoms with Crippen molar-refractivity contribution in [3.05, 3.63) is 31.5 Å². The van der Waals surface area contributed by atoms with E-state index in [9.17, 15) is 67.1 Å². The molecule has 6 rings (SSSR count). The quantitative estimate of drug-likeness (QED) is 0.0158. The van der Waals surface area contributed by atoms with E-state index in [1.807, 2.05) is 6.92 Å². The smallest absolute Gasteiger partial charge is 0.407 e. The van der Waals surface area contributed by atoms with E-state index in [0.29, 0.717) is 141 Å². The van der Waals surface area contributed by atoms with Gasteiger partial charge in [0.25, 0.3) is 0 Å². The molecule has 2 spiro atoms. The summed E-state index contributed by atoms with van der Waals surface area (Å²) in [7, 11) is 0. The molecule has 5 aliphatic carbocycles. The highest BCUT2D eigenvalue weighted by Gasteiger charge is 2.70. The number of amides is 2. The first-order valence-electron chi connectivity index (χ1n) is 36.2. The van der Waals surface area contributed by atoms with Crippen LogP contribution in [0.4, 0.5) is 9.59 Å². The minimum Gasteiger partial charge on any atom is -0.462 e. The Balaban J connectivity index is 0.968. The van der Waals surface area contributed by atoms with Crippen LogP contribution in [0.15, 0.2) is 34.4 Å². The van der Waals surface area contributed by atoms with Gasteiger partial charge in [-0.25, -0.2) is 71.8 Å².